The average Bonchev–Trinajstić information content (AvgIpc) is 3.09. The minimum absolute atomic E-state index is 0.0885. The number of carbonyl (C=O) groups excluding carboxylic acids is 2. The first-order valence-corrected chi connectivity index (χ1v) is 9.24. The molecule has 0 unspecified atom stereocenters. The van der Waals surface area contributed by atoms with Crippen LogP contribution in [0.1, 0.15) is 12.5 Å². The largest absolute Gasteiger partial charge is 0.497 e. The Morgan fingerprint density at radius 1 is 1.18 bits per heavy atom. The smallest absolute Gasteiger partial charge is 0.227 e. The van der Waals surface area contributed by atoms with Crippen molar-refractivity contribution in [3.05, 3.63) is 48.3 Å². The topological polar surface area (TPSA) is 87.9 Å². The molecule has 1 fully saturated rings. The van der Waals surface area contributed by atoms with Gasteiger partial charge in [0, 0.05) is 32.4 Å². The molecule has 1 aromatic heterocycles. The molecule has 0 spiro atoms. The van der Waals surface area contributed by atoms with Crippen LogP contribution in [-0.2, 0) is 22.6 Å². The van der Waals surface area contributed by atoms with Crippen molar-refractivity contribution in [3.8, 4) is 5.75 Å². The number of hydrogen-bond donors (Lipinski definition) is 1. The lowest BCUT2D eigenvalue weighted by atomic mass is 10.0. The molecular formula is C20H26N4O4. The van der Waals surface area contributed by atoms with Crippen molar-refractivity contribution in [1.82, 2.24) is 19.6 Å². The van der Waals surface area contributed by atoms with Gasteiger partial charge in [-0.25, -0.2) is 0 Å². The highest BCUT2D eigenvalue weighted by Crippen LogP contribution is 2.19. The van der Waals surface area contributed by atoms with Crippen molar-refractivity contribution in [1.29, 1.82) is 0 Å². The van der Waals surface area contributed by atoms with Crippen LogP contribution >= 0.6 is 0 Å². The van der Waals surface area contributed by atoms with Crippen LogP contribution < -0.4 is 4.74 Å². The monoisotopic (exact) mass is 386 g/mol. The lowest BCUT2D eigenvalue weighted by molar-refractivity contribution is -0.133. The van der Waals surface area contributed by atoms with Crippen LogP contribution in [0.15, 0.2) is 42.7 Å². The number of methoxy groups -OCH3 is 1. The fraction of sp³-hybridized carbons (Fsp3) is 0.450. The SMILES string of the molecule is COc1ccc(CC(=O)N2CCN(C(C)=O)C[C@@](O)(Cn3cccn3)C2)cc1. The highest BCUT2D eigenvalue weighted by molar-refractivity contribution is 5.79. The first-order valence-electron chi connectivity index (χ1n) is 9.24. The zero-order valence-corrected chi connectivity index (χ0v) is 16.2. The third-order valence-electron chi connectivity index (χ3n) is 4.94. The third kappa shape index (κ3) is 4.89. The number of amides is 2. The van der Waals surface area contributed by atoms with Crippen molar-refractivity contribution >= 4 is 11.8 Å². The van der Waals surface area contributed by atoms with Crippen LogP contribution in [0.5, 0.6) is 5.75 Å². The highest BCUT2D eigenvalue weighted by Gasteiger charge is 2.38. The Bertz CT molecular complexity index is 806. The molecule has 1 aliphatic rings. The van der Waals surface area contributed by atoms with Crippen LogP contribution in [0.2, 0.25) is 0 Å². The highest BCUT2D eigenvalue weighted by atomic mass is 16.5. The molecule has 0 bridgehead atoms. The normalized spacial score (nSPS) is 20.0. The van der Waals surface area contributed by atoms with Gasteiger partial charge in [0.1, 0.15) is 11.4 Å². The van der Waals surface area contributed by atoms with Gasteiger partial charge >= 0.3 is 0 Å². The van der Waals surface area contributed by atoms with E-state index in [-0.39, 0.29) is 37.9 Å². The van der Waals surface area contributed by atoms with Crippen molar-refractivity contribution < 1.29 is 19.4 Å². The summed E-state index contributed by atoms with van der Waals surface area (Å²) in [4.78, 5) is 28.1. The van der Waals surface area contributed by atoms with E-state index in [4.69, 9.17) is 4.74 Å². The summed E-state index contributed by atoms with van der Waals surface area (Å²) < 4.78 is 6.77. The van der Waals surface area contributed by atoms with E-state index in [1.54, 1.807) is 40.1 Å². The van der Waals surface area contributed by atoms with Crippen LogP contribution in [0.4, 0.5) is 0 Å². The number of hydrogen-bond acceptors (Lipinski definition) is 5. The third-order valence-corrected chi connectivity index (χ3v) is 4.94. The second-order valence-corrected chi connectivity index (χ2v) is 7.21. The average molecular weight is 386 g/mol. The lowest BCUT2D eigenvalue weighted by Crippen LogP contribution is -2.51. The van der Waals surface area contributed by atoms with E-state index in [0.29, 0.717) is 13.1 Å². The van der Waals surface area contributed by atoms with Gasteiger partial charge in [0.25, 0.3) is 0 Å². The molecule has 0 aliphatic carbocycles. The number of aliphatic hydroxyl groups is 1. The minimum Gasteiger partial charge on any atom is -0.497 e. The second-order valence-electron chi connectivity index (χ2n) is 7.21. The molecule has 1 aromatic carbocycles. The predicted octanol–water partition coefficient (Wildman–Crippen LogP) is 0.556. The first kappa shape index (κ1) is 19.9. The van der Waals surface area contributed by atoms with E-state index in [9.17, 15) is 14.7 Å². The maximum atomic E-state index is 12.9. The fourth-order valence-electron chi connectivity index (χ4n) is 3.47. The van der Waals surface area contributed by atoms with Gasteiger partial charge in [0.05, 0.1) is 33.2 Å². The van der Waals surface area contributed by atoms with E-state index in [2.05, 4.69) is 5.10 Å². The number of benzene rings is 1. The Balaban J connectivity index is 1.75. The summed E-state index contributed by atoms with van der Waals surface area (Å²) in [7, 11) is 1.60. The standard InChI is InChI=1S/C20H26N4O4/c1-16(25)22-10-11-23(14-20(27,13-22)15-24-9-3-8-21-24)19(26)12-17-4-6-18(28-2)7-5-17/h3-9,27H,10-15H2,1-2H3/t20-/m0/s1. The van der Waals surface area contributed by atoms with E-state index in [1.807, 2.05) is 24.3 Å². The molecule has 1 N–H and O–H groups in total. The Labute approximate surface area is 164 Å². The summed E-state index contributed by atoms with van der Waals surface area (Å²) in [6.45, 7) is 2.76. The number of ether oxygens (including phenoxy) is 1. The van der Waals surface area contributed by atoms with Gasteiger partial charge in [-0.2, -0.15) is 5.10 Å². The van der Waals surface area contributed by atoms with Gasteiger partial charge in [-0.3, -0.25) is 14.3 Å². The molecule has 3 rings (SSSR count). The molecule has 1 atom stereocenters. The van der Waals surface area contributed by atoms with Gasteiger partial charge in [-0.05, 0) is 23.8 Å². The van der Waals surface area contributed by atoms with Crippen LogP contribution in [0.3, 0.4) is 0 Å². The van der Waals surface area contributed by atoms with Crippen LogP contribution in [0, 0.1) is 0 Å². The number of rotatable bonds is 5. The van der Waals surface area contributed by atoms with Crippen molar-refractivity contribution in [2.24, 2.45) is 0 Å². The predicted molar refractivity (Wildman–Crippen MR) is 103 cm³/mol. The van der Waals surface area contributed by atoms with Crippen LogP contribution in [-0.4, -0.2) is 75.4 Å². The van der Waals surface area contributed by atoms with Crippen molar-refractivity contribution in [2.45, 2.75) is 25.5 Å². The molecule has 2 heterocycles. The van der Waals surface area contributed by atoms with Gasteiger partial charge < -0.3 is 19.6 Å². The number of aromatic nitrogens is 2. The molecule has 8 heteroatoms. The van der Waals surface area contributed by atoms with E-state index >= 15 is 0 Å². The maximum Gasteiger partial charge on any atom is 0.227 e. The lowest BCUT2D eigenvalue weighted by Gasteiger charge is -2.32. The first-order chi connectivity index (χ1) is 13.4. The van der Waals surface area contributed by atoms with E-state index in [0.717, 1.165) is 11.3 Å². The zero-order valence-electron chi connectivity index (χ0n) is 16.2. The number of β-amino-alcohol motifs (C(OH)–C–C–N with tert-alkyl or cyclic N) is 1. The molecule has 2 aromatic rings. The van der Waals surface area contributed by atoms with Gasteiger partial charge in [0.2, 0.25) is 11.8 Å². The summed E-state index contributed by atoms with van der Waals surface area (Å²) in [6, 6.07) is 9.11. The molecule has 0 saturated carbocycles. The summed E-state index contributed by atoms with van der Waals surface area (Å²) in [5.74, 6) is 0.523. The molecule has 0 radical (unpaired) electrons. The van der Waals surface area contributed by atoms with Crippen LogP contribution in [0.25, 0.3) is 0 Å². The number of nitrogens with zero attached hydrogens (tertiary/aromatic N) is 4. The van der Waals surface area contributed by atoms with E-state index < -0.39 is 5.60 Å². The van der Waals surface area contributed by atoms with Crippen molar-refractivity contribution in [3.63, 3.8) is 0 Å². The molecule has 8 nitrogen and oxygen atoms in total. The number of carbonyl (C=O) groups is 2. The summed E-state index contributed by atoms with van der Waals surface area (Å²) in [5.41, 5.74) is -0.405. The molecule has 150 valence electrons. The maximum absolute atomic E-state index is 12.9. The van der Waals surface area contributed by atoms with Gasteiger partial charge in [-0.1, -0.05) is 12.1 Å². The quantitative estimate of drug-likeness (QED) is 0.811. The van der Waals surface area contributed by atoms with Crippen molar-refractivity contribution in [2.75, 3.05) is 33.3 Å². The molecule has 2 amide bonds. The molecule has 1 aliphatic heterocycles. The minimum atomic E-state index is -1.27. The van der Waals surface area contributed by atoms with Gasteiger partial charge in [-0.15, -0.1) is 0 Å². The molecular weight excluding hydrogens is 360 g/mol. The Hall–Kier alpha value is -2.87. The summed E-state index contributed by atoms with van der Waals surface area (Å²) >= 11 is 0. The molecule has 28 heavy (non-hydrogen) atoms. The molecule has 1 saturated heterocycles. The van der Waals surface area contributed by atoms with Gasteiger partial charge in [0.15, 0.2) is 0 Å². The fourth-order valence-corrected chi connectivity index (χ4v) is 3.47. The Morgan fingerprint density at radius 2 is 1.86 bits per heavy atom. The summed E-state index contributed by atoms with van der Waals surface area (Å²) in [6.07, 6.45) is 3.61. The Kier molecular flexibility index (Phi) is 5.99. The van der Waals surface area contributed by atoms with E-state index in [1.165, 1.54) is 6.92 Å². The Morgan fingerprint density at radius 3 is 2.46 bits per heavy atom. The zero-order chi connectivity index (χ0) is 20.1. The summed E-state index contributed by atoms with van der Waals surface area (Å²) in [5, 5.41) is 15.4. The second kappa shape index (κ2) is 8.43.